The van der Waals surface area contributed by atoms with Crippen LogP contribution in [0.15, 0.2) is 24.3 Å². The minimum Gasteiger partial charge on any atom is -0.373 e. The molecule has 0 bridgehead atoms. The number of amides is 1. The number of piperazine rings is 1. The van der Waals surface area contributed by atoms with Gasteiger partial charge in [-0.25, -0.2) is 0 Å². The van der Waals surface area contributed by atoms with Crippen LogP contribution in [0.25, 0.3) is 0 Å². The van der Waals surface area contributed by atoms with Gasteiger partial charge in [0.15, 0.2) is 0 Å². The molecule has 1 N–H and O–H groups in total. The maximum absolute atomic E-state index is 13.0. The van der Waals surface area contributed by atoms with Crippen LogP contribution in [0.4, 0.5) is 5.69 Å². The van der Waals surface area contributed by atoms with E-state index in [1.54, 1.807) is 31.2 Å². The number of anilines is 1. The van der Waals surface area contributed by atoms with Crippen molar-refractivity contribution in [2.24, 2.45) is 0 Å². The second-order valence-electron chi connectivity index (χ2n) is 7.84. The summed E-state index contributed by atoms with van der Waals surface area (Å²) in [7, 11) is -3.55. The lowest BCUT2D eigenvalue weighted by molar-refractivity contribution is -0.121. The summed E-state index contributed by atoms with van der Waals surface area (Å²) >= 11 is 0. The van der Waals surface area contributed by atoms with Gasteiger partial charge in [-0.15, -0.1) is 0 Å². The van der Waals surface area contributed by atoms with Crippen LogP contribution in [0.1, 0.15) is 26.3 Å². The molecule has 30 heavy (non-hydrogen) atoms. The molecule has 2 heterocycles. The Kier molecular flexibility index (Phi) is 7.10. The first kappa shape index (κ1) is 22.7. The number of carbonyl (C=O) groups is 1. The fourth-order valence-electron chi connectivity index (χ4n) is 3.90. The molecule has 9 nitrogen and oxygen atoms in total. The third-order valence-electron chi connectivity index (χ3n) is 5.54. The first-order chi connectivity index (χ1) is 14.2. The number of hydrogen-bond acceptors (Lipinski definition) is 6. The minimum absolute atomic E-state index is 0.134. The van der Waals surface area contributed by atoms with E-state index >= 15 is 0 Å². The van der Waals surface area contributed by atoms with E-state index in [4.69, 9.17) is 4.74 Å². The molecule has 1 aromatic carbocycles. The monoisotopic (exact) mass is 435 g/mol. The van der Waals surface area contributed by atoms with E-state index in [1.807, 2.05) is 18.7 Å². The molecule has 0 saturated carbocycles. The largest absolute Gasteiger partial charge is 0.373 e. The lowest BCUT2D eigenvalue weighted by Gasteiger charge is -2.41. The SMILES string of the molecule is CC1CN(S(=O)(=O)N2CCN(C(C)C(=O)Nc3ccccc3C#N)CC2)CC(C)O1. The molecule has 0 aliphatic carbocycles. The van der Waals surface area contributed by atoms with Crippen LogP contribution in [0, 0.1) is 11.3 Å². The third kappa shape index (κ3) is 4.99. The number of carbonyl (C=O) groups excluding carboxylic acids is 1. The molecule has 0 spiro atoms. The normalized spacial score (nSPS) is 25.4. The molecule has 10 heteroatoms. The smallest absolute Gasteiger partial charge is 0.282 e. The maximum atomic E-state index is 13.0. The summed E-state index contributed by atoms with van der Waals surface area (Å²) in [5.41, 5.74) is 0.886. The Bertz CT molecular complexity index is 898. The summed E-state index contributed by atoms with van der Waals surface area (Å²) in [6.45, 7) is 7.82. The molecule has 164 valence electrons. The molecule has 1 amide bonds. The summed E-state index contributed by atoms with van der Waals surface area (Å²) in [6.07, 6.45) is -0.269. The van der Waals surface area contributed by atoms with E-state index in [0.717, 1.165) is 0 Å². The van der Waals surface area contributed by atoms with Crippen LogP contribution in [0.3, 0.4) is 0 Å². The molecular weight excluding hydrogens is 406 g/mol. The number of ether oxygens (including phenoxy) is 1. The molecule has 0 radical (unpaired) electrons. The predicted octanol–water partition coefficient (Wildman–Crippen LogP) is 0.857. The third-order valence-corrected chi connectivity index (χ3v) is 7.51. The fourth-order valence-corrected chi connectivity index (χ4v) is 5.64. The van der Waals surface area contributed by atoms with Crippen molar-refractivity contribution in [2.75, 3.05) is 44.6 Å². The number of hydrogen-bond donors (Lipinski definition) is 1. The zero-order chi connectivity index (χ0) is 21.9. The zero-order valence-electron chi connectivity index (χ0n) is 17.6. The van der Waals surface area contributed by atoms with Gasteiger partial charge >= 0.3 is 0 Å². The lowest BCUT2D eigenvalue weighted by Crippen LogP contribution is -2.58. The van der Waals surface area contributed by atoms with Crippen LogP contribution in [-0.2, 0) is 19.7 Å². The van der Waals surface area contributed by atoms with Crippen molar-refractivity contribution in [3.05, 3.63) is 29.8 Å². The minimum atomic E-state index is -3.55. The number of rotatable bonds is 5. The van der Waals surface area contributed by atoms with Crippen molar-refractivity contribution < 1.29 is 17.9 Å². The molecule has 3 rings (SSSR count). The van der Waals surface area contributed by atoms with Crippen LogP contribution >= 0.6 is 0 Å². The molecule has 3 atom stereocenters. The van der Waals surface area contributed by atoms with E-state index in [0.29, 0.717) is 50.5 Å². The van der Waals surface area contributed by atoms with Crippen LogP contribution in [-0.4, -0.2) is 85.4 Å². The number of nitrogens with one attached hydrogen (secondary N) is 1. The number of nitriles is 1. The summed E-state index contributed by atoms with van der Waals surface area (Å²) < 4.78 is 34.7. The number of morpholine rings is 1. The molecule has 2 saturated heterocycles. The summed E-state index contributed by atoms with van der Waals surface area (Å²) in [5.74, 6) is -0.218. The average molecular weight is 436 g/mol. The summed E-state index contributed by atoms with van der Waals surface area (Å²) in [6, 6.07) is 8.47. The molecule has 2 aliphatic rings. The lowest BCUT2D eigenvalue weighted by atomic mass is 10.1. The first-order valence-corrected chi connectivity index (χ1v) is 11.6. The van der Waals surface area contributed by atoms with Crippen molar-refractivity contribution in [3.63, 3.8) is 0 Å². The van der Waals surface area contributed by atoms with E-state index < -0.39 is 16.3 Å². The quantitative estimate of drug-likeness (QED) is 0.735. The van der Waals surface area contributed by atoms with E-state index in [-0.39, 0.29) is 18.1 Å². The van der Waals surface area contributed by atoms with Gasteiger partial charge in [0, 0.05) is 39.3 Å². The van der Waals surface area contributed by atoms with Crippen molar-refractivity contribution in [1.82, 2.24) is 13.5 Å². The van der Waals surface area contributed by atoms with Crippen molar-refractivity contribution >= 4 is 21.8 Å². The van der Waals surface area contributed by atoms with E-state index in [9.17, 15) is 18.5 Å². The highest BCUT2D eigenvalue weighted by molar-refractivity contribution is 7.86. The van der Waals surface area contributed by atoms with E-state index in [2.05, 4.69) is 11.4 Å². The molecule has 0 aromatic heterocycles. The Hall–Kier alpha value is -2.03. The van der Waals surface area contributed by atoms with Crippen molar-refractivity contribution in [1.29, 1.82) is 5.26 Å². The van der Waals surface area contributed by atoms with Crippen molar-refractivity contribution in [2.45, 2.75) is 39.0 Å². The van der Waals surface area contributed by atoms with Gasteiger partial charge in [0.1, 0.15) is 6.07 Å². The van der Waals surface area contributed by atoms with Gasteiger partial charge < -0.3 is 10.1 Å². The summed E-state index contributed by atoms with van der Waals surface area (Å²) in [4.78, 5) is 14.6. The Morgan fingerprint density at radius 3 is 2.33 bits per heavy atom. The van der Waals surface area contributed by atoms with Gasteiger partial charge in [0.05, 0.1) is 29.5 Å². The van der Waals surface area contributed by atoms with Gasteiger partial charge in [-0.1, -0.05) is 12.1 Å². The zero-order valence-corrected chi connectivity index (χ0v) is 18.4. The Morgan fingerprint density at radius 2 is 1.73 bits per heavy atom. The first-order valence-electron chi connectivity index (χ1n) is 10.2. The Morgan fingerprint density at radius 1 is 1.13 bits per heavy atom. The standard InChI is InChI=1S/C20H29N5O4S/c1-15-13-25(14-16(2)29-15)30(27,28)24-10-8-23(9-11-24)17(3)20(26)22-19-7-5-4-6-18(19)12-21/h4-7,15-17H,8-11,13-14H2,1-3H3,(H,22,26). The highest BCUT2D eigenvalue weighted by atomic mass is 32.2. The van der Waals surface area contributed by atoms with Gasteiger partial charge in [0.2, 0.25) is 5.91 Å². The second kappa shape index (κ2) is 9.41. The maximum Gasteiger partial charge on any atom is 0.282 e. The Balaban J connectivity index is 1.58. The summed E-state index contributed by atoms with van der Waals surface area (Å²) in [5, 5.41) is 12.0. The number of nitrogens with zero attached hydrogens (tertiary/aromatic N) is 4. The van der Waals surface area contributed by atoms with Crippen molar-refractivity contribution in [3.8, 4) is 6.07 Å². The Labute approximate surface area is 178 Å². The molecule has 1 aromatic rings. The molecule has 2 aliphatic heterocycles. The molecule has 3 unspecified atom stereocenters. The number of benzene rings is 1. The molecular formula is C20H29N5O4S. The van der Waals surface area contributed by atoms with Crippen LogP contribution < -0.4 is 5.32 Å². The van der Waals surface area contributed by atoms with E-state index in [1.165, 1.54) is 8.61 Å². The highest BCUT2D eigenvalue weighted by Gasteiger charge is 2.37. The predicted molar refractivity (Wildman–Crippen MR) is 113 cm³/mol. The fraction of sp³-hybridized carbons (Fsp3) is 0.600. The molecule has 2 fully saturated rings. The highest BCUT2D eigenvalue weighted by Crippen LogP contribution is 2.20. The average Bonchev–Trinajstić information content (AvgIpc) is 2.73. The number of para-hydroxylation sites is 1. The van der Waals surface area contributed by atoms with Gasteiger partial charge in [-0.2, -0.15) is 22.3 Å². The topological polar surface area (TPSA) is 106 Å². The van der Waals surface area contributed by atoms with Crippen LogP contribution in [0.2, 0.25) is 0 Å². The van der Waals surface area contributed by atoms with Gasteiger partial charge in [0.25, 0.3) is 10.2 Å². The van der Waals surface area contributed by atoms with Gasteiger partial charge in [-0.3, -0.25) is 9.69 Å². The van der Waals surface area contributed by atoms with Gasteiger partial charge in [-0.05, 0) is 32.9 Å². The van der Waals surface area contributed by atoms with Crippen LogP contribution in [0.5, 0.6) is 0 Å². The second-order valence-corrected chi connectivity index (χ2v) is 9.77.